The Morgan fingerprint density at radius 3 is 2.47 bits per heavy atom. The molecule has 0 aliphatic heterocycles. The van der Waals surface area contributed by atoms with E-state index in [1.807, 2.05) is 20.8 Å². The van der Waals surface area contributed by atoms with Gasteiger partial charge in [-0.3, -0.25) is 14.9 Å². The molecule has 0 aliphatic carbocycles. The summed E-state index contributed by atoms with van der Waals surface area (Å²) in [6, 6.07) is 2.03. The second kappa shape index (κ2) is 10.3. The zero-order chi connectivity index (χ0) is 22.3. The number of rotatable bonds is 10. The molecule has 2 N–H and O–H groups in total. The minimum absolute atomic E-state index is 0.173. The first kappa shape index (κ1) is 23.5. The number of hydrogen-bond donors (Lipinski definition) is 2. The van der Waals surface area contributed by atoms with Gasteiger partial charge in [0.1, 0.15) is 29.0 Å². The highest BCUT2D eigenvalue weighted by molar-refractivity contribution is 7.15. The molecule has 1 aromatic carbocycles. The van der Waals surface area contributed by atoms with Crippen molar-refractivity contribution >= 4 is 34.6 Å². The van der Waals surface area contributed by atoms with Crippen molar-refractivity contribution in [2.75, 3.05) is 5.32 Å². The second-order valence-electron chi connectivity index (χ2n) is 7.52. The van der Waals surface area contributed by atoms with E-state index in [0.29, 0.717) is 17.8 Å². The quantitative estimate of drug-likeness (QED) is 0.555. The van der Waals surface area contributed by atoms with Crippen LogP contribution in [-0.2, 0) is 26.2 Å². The van der Waals surface area contributed by atoms with Crippen LogP contribution in [0.15, 0.2) is 18.2 Å². The summed E-state index contributed by atoms with van der Waals surface area (Å²) in [5, 5.41) is 14.1. The highest BCUT2D eigenvalue weighted by atomic mass is 32.1. The van der Waals surface area contributed by atoms with Gasteiger partial charge in [-0.05, 0) is 24.1 Å². The number of halogens is 2. The van der Waals surface area contributed by atoms with Crippen molar-refractivity contribution in [3.05, 3.63) is 40.4 Å². The molecule has 0 spiro atoms. The van der Waals surface area contributed by atoms with E-state index in [4.69, 9.17) is 0 Å². The van der Waals surface area contributed by atoms with Gasteiger partial charge < -0.3 is 10.1 Å². The van der Waals surface area contributed by atoms with Crippen LogP contribution in [-0.4, -0.2) is 34.3 Å². The number of carbonyl (C=O) groups is 3. The Hall–Kier alpha value is -2.75. The van der Waals surface area contributed by atoms with Gasteiger partial charge in [-0.1, -0.05) is 38.5 Å². The first-order valence-electron chi connectivity index (χ1n) is 9.47. The SMILES string of the molecule is CCCC(NC(=O)Cc1cc(F)cc(F)c1)C(=O)Nc1nnc(C(C)(C)CC=O)s1. The number of nitrogens with one attached hydrogen (secondary N) is 2. The predicted octanol–water partition coefficient (Wildman–Crippen LogP) is 3.15. The number of hydrogen-bond acceptors (Lipinski definition) is 6. The summed E-state index contributed by atoms with van der Waals surface area (Å²) in [6.45, 7) is 5.56. The number of aldehydes is 1. The Morgan fingerprint density at radius 1 is 1.20 bits per heavy atom. The fourth-order valence-corrected chi connectivity index (χ4v) is 3.59. The van der Waals surface area contributed by atoms with Crippen LogP contribution in [0.4, 0.5) is 13.9 Å². The van der Waals surface area contributed by atoms with Crippen molar-refractivity contribution in [1.82, 2.24) is 15.5 Å². The van der Waals surface area contributed by atoms with Crippen LogP contribution in [0.3, 0.4) is 0 Å². The van der Waals surface area contributed by atoms with E-state index in [1.165, 1.54) is 0 Å². The first-order chi connectivity index (χ1) is 14.1. The molecule has 1 atom stereocenters. The third kappa shape index (κ3) is 6.65. The largest absolute Gasteiger partial charge is 0.344 e. The molecule has 7 nitrogen and oxygen atoms in total. The van der Waals surface area contributed by atoms with Gasteiger partial charge in [-0.15, -0.1) is 10.2 Å². The predicted molar refractivity (Wildman–Crippen MR) is 109 cm³/mol. The minimum Gasteiger partial charge on any atom is -0.344 e. The molecule has 2 aromatic rings. The van der Waals surface area contributed by atoms with Gasteiger partial charge in [-0.25, -0.2) is 8.78 Å². The van der Waals surface area contributed by atoms with E-state index in [2.05, 4.69) is 20.8 Å². The molecular weight excluding hydrogens is 414 g/mol. The summed E-state index contributed by atoms with van der Waals surface area (Å²) in [6.07, 6.45) is 1.81. The average Bonchev–Trinajstić information content (AvgIpc) is 3.09. The molecule has 30 heavy (non-hydrogen) atoms. The summed E-state index contributed by atoms with van der Waals surface area (Å²) in [7, 11) is 0. The molecule has 0 saturated carbocycles. The Bertz CT molecular complexity index is 897. The molecule has 2 amide bonds. The van der Waals surface area contributed by atoms with Gasteiger partial charge in [0, 0.05) is 17.9 Å². The molecule has 0 fully saturated rings. The summed E-state index contributed by atoms with van der Waals surface area (Å²) in [5.74, 6) is -2.54. The molecule has 0 bridgehead atoms. The fourth-order valence-electron chi connectivity index (χ4n) is 2.74. The van der Waals surface area contributed by atoms with Crippen LogP contribution >= 0.6 is 11.3 Å². The number of aromatic nitrogens is 2. The van der Waals surface area contributed by atoms with E-state index >= 15 is 0 Å². The summed E-state index contributed by atoms with van der Waals surface area (Å²) < 4.78 is 26.6. The van der Waals surface area contributed by atoms with Gasteiger partial charge in [0.05, 0.1) is 6.42 Å². The maximum Gasteiger partial charge on any atom is 0.248 e. The lowest BCUT2D eigenvalue weighted by Crippen LogP contribution is -2.44. The third-order valence-corrected chi connectivity index (χ3v) is 5.55. The summed E-state index contributed by atoms with van der Waals surface area (Å²) >= 11 is 1.16. The molecule has 1 aromatic heterocycles. The van der Waals surface area contributed by atoms with Crippen molar-refractivity contribution in [3.63, 3.8) is 0 Å². The molecule has 162 valence electrons. The molecule has 10 heteroatoms. The van der Waals surface area contributed by atoms with Gasteiger partial charge in [0.15, 0.2) is 0 Å². The number of amides is 2. The number of benzene rings is 1. The van der Waals surface area contributed by atoms with E-state index < -0.39 is 34.9 Å². The monoisotopic (exact) mass is 438 g/mol. The molecule has 0 radical (unpaired) electrons. The lowest BCUT2D eigenvalue weighted by Gasteiger charge is -2.17. The molecule has 1 unspecified atom stereocenters. The lowest BCUT2D eigenvalue weighted by atomic mass is 9.91. The van der Waals surface area contributed by atoms with Gasteiger partial charge in [0.2, 0.25) is 16.9 Å². The maximum atomic E-state index is 13.3. The number of anilines is 1. The summed E-state index contributed by atoms with van der Waals surface area (Å²) in [4.78, 5) is 35.7. The van der Waals surface area contributed by atoms with Crippen LogP contribution in [0.2, 0.25) is 0 Å². The van der Waals surface area contributed by atoms with Crippen molar-refractivity contribution in [2.24, 2.45) is 0 Å². The van der Waals surface area contributed by atoms with E-state index in [1.54, 1.807) is 0 Å². The lowest BCUT2D eigenvalue weighted by molar-refractivity contribution is -0.126. The topological polar surface area (TPSA) is 101 Å². The molecule has 0 aliphatic rings. The third-order valence-electron chi connectivity index (χ3n) is 4.34. The van der Waals surface area contributed by atoms with Crippen molar-refractivity contribution in [1.29, 1.82) is 0 Å². The van der Waals surface area contributed by atoms with E-state index in [-0.39, 0.29) is 23.5 Å². The van der Waals surface area contributed by atoms with Gasteiger partial charge in [-0.2, -0.15) is 0 Å². The van der Waals surface area contributed by atoms with E-state index in [0.717, 1.165) is 35.8 Å². The van der Waals surface area contributed by atoms with Crippen molar-refractivity contribution in [3.8, 4) is 0 Å². The van der Waals surface area contributed by atoms with Crippen LogP contribution in [0, 0.1) is 11.6 Å². The molecule has 0 saturated heterocycles. The highest BCUT2D eigenvalue weighted by Gasteiger charge is 2.27. The first-order valence-corrected chi connectivity index (χ1v) is 10.3. The number of nitrogens with zero attached hydrogens (tertiary/aromatic N) is 2. The smallest absolute Gasteiger partial charge is 0.248 e. The summed E-state index contributed by atoms with van der Waals surface area (Å²) in [5.41, 5.74) is -0.327. The van der Waals surface area contributed by atoms with E-state index in [9.17, 15) is 23.2 Å². The minimum atomic E-state index is -0.837. The zero-order valence-corrected chi connectivity index (χ0v) is 17.8. The standard InChI is InChI=1S/C20H24F2N4O3S/c1-4-5-15(23-16(28)10-12-8-13(21)11-14(22)9-12)17(29)24-19-26-25-18(30-19)20(2,3)6-7-27/h7-9,11,15H,4-6,10H2,1-3H3,(H,23,28)(H,24,26,29). The highest BCUT2D eigenvalue weighted by Crippen LogP contribution is 2.30. The number of carbonyl (C=O) groups excluding carboxylic acids is 3. The molecule has 2 rings (SSSR count). The maximum absolute atomic E-state index is 13.3. The normalized spacial score (nSPS) is 12.3. The second-order valence-corrected chi connectivity index (χ2v) is 8.50. The average molecular weight is 439 g/mol. The Kier molecular flexibility index (Phi) is 8.10. The van der Waals surface area contributed by atoms with Crippen molar-refractivity contribution in [2.45, 2.75) is 57.9 Å². The van der Waals surface area contributed by atoms with Gasteiger partial charge >= 0.3 is 0 Å². The van der Waals surface area contributed by atoms with Crippen LogP contribution < -0.4 is 10.6 Å². The molecular formula is C20H24F2N4O3S. The van der Waals surface area contributed by atoms with Crippen LogP contribution in [0.1, 0.15) is 50.6 Å². The molecule has 1 heterocycles. The Labute approximate surface area is 177 Å². The fraction of sp³-hybridized carbons (Fsp3) is 0.450. The van der Waals surface area contributed by atoms with Crippen LogP contribution in [0.5, 0.6) is 0 Å². The van der Waals surface area contributed by atoms with Gasteiger partial charge in [0.25, 0.3) is 0 Å². The Balaban J connectivity index is 2.03. The Morgan fingerprint density at radius 2 is 1.87 bits per heavy atom. The zero-order valence-electron chi connectivity index (χ0n) is 17.0. The van der Waals surface area contributed by atoms with Crippen molar-refractivity contribution < 1.29 is 23.2 Å². The van der Waals surface area contributed by atoms with Crippen LogP contribution in [0.25, 0.3) is 0 Å².